The molecule has 0 saturated heterocycles. The molecule has 210 valence electrons. The molecule has 45 heavy (non-hydrogen) atoms. The van der Waals surface area contributed by atoms with E-state index >= 15 is 0 Å². The summed E-state index contributed by atoms with van der Waals surface area (Å²) in [6.45, 7) is 0. The van der Waals surface area contributed by atoms with Gasteiger partial charge in [0.1, 0.15) is 0 Å². The van der Waals surface area contributed by atoms with Gasteiger partial charge >= 0.3 is 0 Å². The molecule has 0 aliphatic heterocycles. The molecule has 9 aromatic rings. The molecule has 9 rings (SSSR count). The number of hydrogen-bond acceptors (Lipinski definition) is 1. The summed E-state index contributed by atoms with van der Waals surface area (Å²) in [6, 6.07) is 62.4. The van der Waals surface area contributed by atoms with Gasteiger partial charge in [0, 0.05) is 20.9 Å². The van der Waals surface area contributed by atoms with Gasteiger partial charge in [-0.3, -0.25) is 0 Å². The molecule has 0 nitrogen and oxygen atoms in total. The first kappa shape index (κ1) is 25.9. The van der Waals surface area contributed by atoms with Gasteiger partial charge in [-0.2, -0.15) is 0 Å². The smallest absolute Gasteiger partial charge is 0.0434 e. The zero-order chi connectivity index (χ0) is 29.7. The summed E-state index contributed by atoms with van der Waals surface area (Å²) in [5.41, 5.74) is 7.55. The zero-order valence-corrected chi connectivity index (χ0v) is 25.4. The van der Waals surface area contributed by atoms with Crippen LogP contribution in [0.15, 0.2) is 170 Å². The van der Waals surface area contributed by atoms with E-state index in [4.69, 9.17) is 0 Å². The van der Waals surface area contributed by atoms with Crippen LogP contribution in [0, 0.1) is 0 Å². The fraction of sp³-hybridized carbons (Fsp3) is 0. The Labute approximate surface area is 266 Å². The summed E-state index contributed by atoms with van der Waals surface area (Å²) < 4.78 is 0. The number of fused-ring (bicyclic) bond motifs is 4. The lowest BCUT2D eigenvalue weighted by molar-refractivity contribution is 1.65. The third kappa shape index (κ3) is 4.52. The minimum atomic E-state index is 1.24. The molecule has 0 aliphatic rings. The van der Waals surface area contributed by atoms with E-state index in [0.717, 1.165) is 0 Å². The van der Waals surface area contributed by atoms with Crippen molar-refractivity contribution in [2.24, 2.45) is 0 Å². The highest BCUT2D eigenvalue weighted by Crippen LogP contribution is 2.53. The summed E-state index contributed by atoms with van der Waals surface area (Å²) in [6.07, 6.45) is 0. The second-order valence-corrected chi connectivity index (χ2v) is 12.8. The Morgan fingerprint density at radius 1 is 0.244 bits per heavy atom. The van der Waals surface area contributed by atoms with Gasteiger partial charge in [0.05, 0.1) is 0 Å². The van der Waals surface area contributed by atoms with Gasteiger partial charge in [-0.15, -0.1) is 11.3 Å². The average molecular weight is 589 g/mol. The van der Waals surface area contributed by atoms with E-state index in [2.05, 4.69) is 170 Å². The van der Waals surface area contributed by atoms with Crippen molar-refractivity contribution in [2.75, 3.05) is 0 Å². The van der Waals surface area contributed by atoms with E-state index in [1.54, 1.807) is 0 Å². The van der Waals surface area contributed by atoms with Gasteiger partial charge in [-0.1, -0.05) is 146 Å². The van der Waals surface area contributed by atoms with Crippen molar-refractivity contribution in [1.82, 2.24) is 0 Å². The number of thiophene rings is 1. The second-order valence-electron chi connectivity index (χ2n) is 11.8. The van der Waals surface area contributed by atoms with E-state index in [9.17, 15) is 0 Å². The minimum absolute atomic E-state index is 1.24. The molecular formula is C44H28S. The summed E-state index contributed by atoms with van der Waals surface area (Å²) in [5.74, 6) is 0. The summed E-state index contributed by atoms with van der Waals surface area (Å²) in [5, 5.41) is 10.0. The molecule has 0 N–H and O–H groups in total. The Balaban J connectivity index is 1.40. The largest absolute Gasteiger partial charge is 0.134 e. The molecule has 0 bridgehead atoms. The first-order valence-corrected chi connectivity index (χ1v) is 16.2. The molecule has 0 aliphatic carbocycles. The Kier molecular flexibility index (Phi) is 6.11. The van der Waals surface area contributed by atoms with Crippen LogP contribution in [-0.2, 0) is 0 Å². The summed E-state index contributed by atoms with van der Waals surface area (Å²) >= 11 is 1.91. The predicted molar refractivity (Wildman–Crippen MR) is 196 cm³/mol. The highest BCUT2D eigenvalue weighted by molar-refractivity contribution is 7.20. The predicted octanol–water partition coefficient (Wildman–Crippen LogP) is 13.0. The molecule has 1 heterocycles. The molecule has 0 spiro atoms. The van der Waals surface area contributed by atoms with Crippen molar-refractivity contribution in [3.63, 3.8) is 0 Å². The van der Waals surface area contributed by atoms with Crippen LogP contribution in [-0.4, -0.2) is 0 Å². The monoisotopic (exact) mass is 588 g/mol. The fourth-order valence-electron chi connectivity index (χ4n) is 6.74. The zero-order valence-electron chi connectivity index (χ0n) is 24.6. The van der Waals surface area contributed by atoms with Crippen molar-refractivity contribution < 1.29 is 0 Å². The van der Waals surface area contributed by atoms with E-state index < -0.39 is 0 Å². The highest BCUT2D eigenvalue weighted by atomic mass is 32.1. The van der Waals surface area contributed by atoms with Crippen LogP contribution in [0.4, 0.5) is 0 Å². The fourth-order valence-corrected chi connectivity index (χ4v) is 8.08. The Morgan fingerprint density at radius 2 is 0.511 bits per heavy atom. The van der Waals surface area contributed by atoms with Crippen molar-refractivity contribution in [3.05, 3.63) is 170 Å². The lowest BCUT2D eigenvalue weighted by atomic mass is 9.89. The first-order chi connectivity index (χ1) is 22.3. The normalized spacial score (nSPS) is 11.6. The Hall–Kier alpha value is -5.50. The third-order valence-corrected chi connectivity index (χ3v) is 10.3. The first-order valence-electron chi connectivity index (χ1n) is 15.4. The summed E-state index contributed by atoms with van der Waals surface area (Å²) in [7, 11) is 0. The SMILES string of the molecule is c1ccc2cc(-c3sc(-c4ccc5ccccc5c4)c(-c4ccc5ccccc5c4)c3-c3ccc4ccccc4c3)ccc2c1. The van der Waals surface area contributed by atoms with Gasteiger partial charge in [0.15, 0.2) is 0 Å². The van der Waals surface area contributed by atoms with E-state index in [1.807, 2.05) is 11.3 Å². The van der Waals surface area contributed by atoms with Crippen LogP contribution in [0.5, 0.6) is 0 Å². The van der Waals surface area contributed by atoms with Gasteiger partial charge in [-0.05, 0) is 89.6 Å². The van der Waals surface area contributed by atoms with Crippen LogP contribution < -0.4 is 0 Å². The Bertz CT molecular complexity index is 2370. The van der Waals surface area contributed by atoms with Gasteiger partial charge in [0.25, 0.3) is 0 Å². The van der Waals surface area contributed by atoms with Crippen LogP contribution >= 0.6 is 11.3 Å². The maximum Gasteiger partial charge on any atom is 0.0434 e. The van der Waals surface area contributed by atoms with E-state index in [1.165, 1.54) is 86.2 Å². The number of benzene rings is 8. The lowest BCUT2D eigenvalue weighted by Crippen LogP contribution is -1.87. The lowest BCUT2D eigenvalue weighted by Gasteiger charge is -2.13. The van der Waals surface area contributed by atoms with Crippen LogP contribution in [0.25, 0.3) is 86.2 Å². The van der Waals surface area contributed by atoms with Crippen LogP contribution in [0.1, 0.15) is 0 Å². The van der Waals surface area contributed by atoms with E-state index in [-0.39, 0.29) is 0 Å². The molecule has 0 fully saturated rings. The van der Waals surface area contributed by atoms with Gasteiger partial charge in [0.2, 0.25) is 0 Å². The topological polar surface area (TPSA) is 0 Å². The molecule has 1 aromatic heterocycles. The van der Waals surface area contributed by atoms with Gasteiger partial charge in [-0.25, -0.2) is 0 Å². The van der Waals surface area contributed by atoms with Crippen LogP contribution in [0.2, 0.25) is 0 Å². The molecule has 1 heteroatoms. The molecule has 0 unspecified atom stereocenters. The van der Waals surface area contributed by atoms with Crippen molar-refractivity contribution in [3.8, 4) is 43.1 Å². The quantitative estimate of drug-likeness (QED) is 0.192. The van der Waals surface area contributed by atoms with Gasteiger partial charge < -0.3 is 0 Å². The minimum Gasteiger partial charge on any atom is -0.134 e. The van der Waals surface area contributed by atoms with Crippen molar-refractivity contribution >= 4 is 54.4 Å². The molecule has 0 radical (unpaired) electrons. The second kappa shape index (κ2) is 10.6. The maximum absolute atomic E-state index is 2.37. The van der Waals surface area contributed by atoms with Crippen molar-refractivity contribution in [1.29, 1.82) is 0 Å². The third-order valence-electron chi connectivity index (χ3n) is 9.01. The summed E-state index contributed by atoms with van der Waals surface area (Å²) in [4.78, 5) is 2.59. The number of rotatable bonds is 4. The maximum atomic E-state index is 2.37. The van der Waals surface area contributed by atoms with E-state index in [0.29, 0.717) is 0 Å². The standard InChI is InChI=1S/C44H28S/c1-5-13-33-25-37(21-17-29(33)9-1)41-42(38-22-18-30-10-2-6-14-34(30)26-38)44(40-24-20-32-12-4-8-16-36(32)28-40)45-43(41)39-23-19-31-11-3-7-15-35(31)27-39/h1-28H. The molecular weight excluding hydrogens is 561 g/mol. The molecule has 8 aromatic carbocycles. The Morgan fingerprint density at radius 3 is 0.844 bits per heavy atom. The average Bonchev–Trinajstić information content (AvgIpc) is 3.51. The molecule has 0 atom stereocenters. The molecule has 0 amide bonds. The highest BCUT2D eigenvalue weighted by Gasteiger charge is 2.24. The number of hydrogen-bond donors (Lipinski definition) is 0. The van der Waals surface area contributed by atoms with Crippen LogP contribution in [0.3, 0.4) is 0 Å². The van der Waals surface area contributed by atoms with Crippen molar-refractivity contribution in [2.45, 2.75) is 0 Å². The molecule has 0 saturated carbocycles.